The van der Waals surface area contributed by atoms with Gasteiger partial charge in [-0.15, -0.1) is 0 Å². The number of hydrogen-bond donors (Lipinski definition) is 4. The van der Waals surface area contributed by atoms with Gasteiger partial charge in [0.05, 0.1) is 12.3 Å². The molecule has 0 aliphatic rings. The first-order valence-corrected chi connectivity index (χ1v) is 4.76. The summed E-state index contributed by atoms with van der Waals surface area (Å²) in [5.41, 5.74) is 3.36. The predicted octanol–water partition coefficient (Wildman–Crippen LogP) is -0.458. The zero-order valence-electron chi connectivity index (χ0n) is 9.77. The fourth-order valence-electron chi connectivity index (χ4n) is 1.29. The Balaban J connectivity index is 0.000000557. The highest BCUT2D eigenvalue weighted by Crippen LogP contribution is 2.24. The van der Waals surface area contributed by atoms with Crippen molar-refractivity contribution >= 4 is 12.1 Å². The monoisotopic (exact) mass is 244 g/mol. The quantitative estimate of drug-likeness (QED) is 0.249. The van der Waals surface area contributed by atoms with E-state index in [4.69, 9.17) is 15.7 Å². The molecule has 0 bridgehead atoms. The molecule has 96 valence electrons. The average molecular weight is 244 g/mol. The van der Waals surface area contributed by atoms with E-state index >= 15 is 0 Å². The molecule has 7 heteroatoms. The van der Waals surface area contributed by atoms with E-state index in [1.54, 1.807) is 18.4 Å². The maximum atomic E-state index is 13.2. The minimum atomic E-state index is -0.417. The minimum absolute atomic E-state index is 0.208. The number of anilines is 1. The van der Waals surface area contributed by atoms with Crippen molar-refractivity contribution in [3.63, 3.8) is 0 Å². The summed E-state index contributed by atoms with van der Waals surface area (Å²) < 4.78 is 13.2. The first-order valence-electron chi connectivity index (χ1n) is 4.76. The van der Waals surface area contributed by atoms with Crippen LogP contribution in [-0.2, 0) is 11.4 Å². The summed E-state index contributed by atoms with van der Waals surface area (Å²) in [5, 5.41) is 10.2. The molecule has 1 amide bonds. The van der Waals surface area contributed by atoms with Gasteiger partial charge in [0, 0.05) is 12.6 Å². The molecule has 1 aromatic rings. The molecule has 0 aromatic heterocycles. The number of benzene rings is 1. The Hall–Kier alpha value is -1.70. The second kappa shape index (κ2) is 7.55. The summed E-state index contributed by atoms with van der Waals surface area (Å²) in [6.07, 6.45) is 0.403. The molecule has 0 fully saturated rings. The van der Waals surface area contributed by atoms with Crippen molar-refractivity contribution in [2.24, 2.45) is 11.7 Å². The average Bonchev–Trinajstić information content (AvgIpc) is 2.31. The van der Waals surface area contributed by atoms with Gasteiger partial charge in [-0.05, 0) is 18.6 Å². The van der Waals surface area contributed by atoms with Gasteiger partial charge < -0.3 is 10.1 Å². The van der Waals surface area contributed by atoms with Crippen LogP contribution in [0.4, 0.5) is 10.1 Å². The van der Waals surface area contributed by atoms with Crippen molar-refractivity contribution in [3.05, 3.63) is 29.1 Å². The highest BCUT2D eigenvalue weighted by Gasteiger charge is 2.12. The van der Waals surface area contributed by atoms with Crippen LogP contribution in [0.2, 0.25) is 0 Å². The largest absolute Gasteiger partial charge is 0.392 e. The molecule has 0 aliphatic carbocycles. The van der Waals surface area contributed by atoms with Gasteiger partial charge in [0.25, 0.3) is 0 Å². The molecule has 0 aliphatic heterocycles. The fraction of sp³-hybridized carbons (Fsp3) is 0.300. The van der Waals surface area contributed by atoms with E-state index in [0.717, 1.165) is 5.56 Å². The van der Waals surface area contributed by atoms with Crippen LogP contribution in [0.25, 0.3) is 0 Å². The number of halogens is 1. The van der Waals surface area contributed by atoms with Crippen molar-refractivity contribution in [2.75, 3.05) is 12.1 Å². The topological polar surface area (TPSA) is 105 Å². The first kappa shape index (κ1) is 15.3. The van der Waals surface area contributed by atoms with E-state index in [1.165, 1.54) is 18.1 Å². The second-order valence-electron chi connectivity index (χ2n) is 3.24. The number of carbonyl (C=O) groups excluding carboxylic acids is 1. The summed E-state index contributed by atoms with van der Waals surface area (Å²) in [4.78, 5) is 8.94. The lowest BCUT2D eigenvalue weighted by atomic mass is 10.1. The molecule has 6 nitrogen and oxygen atoms in total. The summed E-state index contributed by atoms with van der Waals surface area (Å²) in [6, 6.07) is 2.96. The normalized spacial score (nSPS) is 9.06. The zero-order valence-corrected chi connectivity index (χ0v) is 9.77. The van der Waals surface area contributed by atoms with E-state index in [2.05, 4.69) is 5.84 Å². The Morgan fingerprint density at radius 2 is 2.12 bits per heavy atom. The van der Waals surface area contributed by atoms with Crippen molar-refractivity contribution < 1.29 is 14.3 Å². The van der Waals surface area contributed by atoms with E-state index in [9.17, 15) is 4.39 Å². The Labute approximate surface area is 98.9 Å². The number of nitrogens with two attached hydrogens (primary N) is 2. The van der Waals surface area contributed by atoms with Crippen LogP contribution in [-0.4, -0.2) is 18.6 Å². The molecular weight excluding hydrogens is 227 g/mol. The van der Waals surface area contributed by atoms with Gasteiger partial charge in [-0.25, -0.2) is 16.1 Å². The first-order chi connectivity index (χ1) is 7.99. The van der Waals surface area contributed by atoms with Crippen LogP contribution in [0.1, 0.15) is 11.1 Å². The van der Waals surface area contributed by atoms with Crippen LogP contribution in [0, 0.1) is 12.7 Å². The Morgan fingerprint density at radius 1 is 1.59 bits per heavy atom. The number of hydrazine groups is 2. The number of rotatable bonds is 3. The number of carbonyl (C=O) groups is 1. The molecule has 0 spiro atoms. The van der Waals surface area contributed by atoms with Gasteiger partial charge in [-0.2, -0.15) is 0 Å². The van der Waals surface area contributed by atoms with Crippen molar-refractivity contribution in [2.45, 2.75) is 13.5 Å². The molecule has 17 heavy (non-hydrogen) atoms. The van der Waals surface area contributed by atoms with Crippen LogP contribution in [0.5, 0.6) is 0 Å². The maximum Gasteiger partial charge on any atom is 0.221 e. The third-order valence-corrected chi connectivity index (χ3v) is 2.05. The second-order valence-corrected chi connectivity index (χ2v) is 3.24. The molecule has 0 heterocycles. The third kappa shape index (κ3) is 4.35. The number of amides is 1. The molecule has 0 saturated carbocycles. The zero-order chi connectivity index (χ0) is 13.4. The maximum absolute atomic E-state index is 13.2. The number of hydrogen-bond acceptors (Lipinski definition) is 5. The van der Waals surface area contributed by atoms with Gasteiger partial charge in [0.2, 0.25) is 6.41 Å². The van der Waals surface area contributed by atoms with Gasteiger partial charge in [0.1, 0.15) is 5.82 Å². The molecule has 0 unspecified atom stereocenters. The summed E-state index contributed by atoms with van der Waals surface area (Å²) in [6.45, 7) is 1.60. The van der Waals surface area contributed by atoms with E-state index in [0.29, 0.717) is 12.0 Å². The summed E-state index contributed by atoms with van der Waals surface area (Å²) in [7, 11) is 1.54. The van der Waals surface area contributed by atoms with Crippen molar-refractivity contribution in [1.82, 2.24) is 5.43 Å². The molecule has 0 radical (unpaired) electrons. The van der Waals surface area contributed by atoms with Crippen molar-refractivity contribution in [3.8, 4) is 0 Å². The molecule has 1 aromatic carbocycles. The fourth-order valence-corrected chi connectivity index (χ4v) is 1.29. The van der Waals surface area contributed by atoms with Gasteiger partial charge in [-0.3, -0.25) is 10.2 Å². The highest BCUT2D eigenvalue weighted by molar-refractivity contribution is 5.56. The lowest BCUT2D eigenvalue weighted by Gasteiger charge is -2.18. The summed E-state index contributed by atoms with van der Waals surface area (Å²) in [5.74, 6) is 9.43. The van der Waals surface area contributed by atoms with Crippen LogP contribution in [0.3, 0.4) is 0 Å². The van der Waals surface area contributed by atoms with Crippen molar-refractivity contribution in [1.29, 1.82) is 0 Å². The molecule has 6 N–H and O–H groups in total. The molecule has 1 rings (SSSR count). The van der Waals surface area contributed by atoms with Crippen LogP contribution >= 0.6 is 0 Å². The number of nitrogens with one attached hydrogen (secondary N) is 1. The van der Waals surface area contributed by atoms with E-state index < -0.39 is 5.82 Å². The van der Waals surface area contributed by atoms with Gasteiger partial charge in [-0.1, -0.05) is 6.07 Å². The standard InChI is InChI=1S/C9H13FN2O.CH4N2O/c1-6-3-4-8(10)9(12(2)11)7(6)5-13;2-3-1-4/h3-4,13H,5,11H2,1-2H3;1H,2H2,(H,3,4). The number of nitrogens with zero attached hydrogens (tertiary/aromatic N) is 1. The third-order valence-electron chi connectivity index (χ3n) is 2.05. The number of aliphatic hydroxyl groups is 1. The van der Waals surface area contributed by atoms with E-state index in [1.807, 2.05) is 0 Å². The lowest BCUT2D eigenvalue weighted by molar-refractivity contribution is -0.109. The minimum Gasteiger partial charge on any atom is -0.392 e. The summed E-state index contributed by atoms with van der Waals surface area (Å²) >= 11 is 0. The lowest BCUT2D eigenvalue weighted by Crippen LogP contribution is -2.27. The Morgan fingerprint density at radius 3 is 2.41 bits per heavy atom. The molecule has 0 atom stereocenters. The Bertz CT molecular complexity index is 372. The van der Waals surface area contributed by atoms with E-state index in [-0.39, 0.29) is 12.3 Å². The van der Waals surface area contributed by atoms with Crippen LogP contribution in [0.15, 0.2) is 12.1 Å². The SMILES string of the molecule is Cc1ccc(F)c(N(C)N)c1CO.NNC=O. The number of aliphatic hydroxyl groups excluding tert-OH is 1. The highest BCUT2D eigenvalue weighted by atomic mass is 19.1. The van der Waals surface area contributed by atoms with Gasteiger partial charge in [0.15, 0.2) is 0 Å². The van der Waals surface area contributed by atoms with Gasteiger partial charge >= 0.3 is 0 Å². The predicted molar refractivity (Wildman–Crippen MR) is 63.0 cm³/mol. The molecular formula is C10H17FN4O2. The molecule has 0 saturated heterocycles. The Kier molecular flexibility index (Phi) is 6.80. The smallest absolute Gasteiger partial charge is 0.221 e. The number of aryl methyl sites for hydroxylation is 1. The van der Waals surface area contributed by atoms with Crippen LogP contribution < -0.4 is 22.1 Å².